The summed E-state index contributed by atoms with van der Waals surface area (Å²) in [6.45, 7) is 8.27. The van der Waals surface area contributed by atoms with Crippen LogP contribution in [0, 0.1) is 0 Å². The van der Waals surface area contributed by atoms with Gasteiger partial charge in [0, 0.05) is 44.7 Å². The highest BCUT2D eigenvalue weighted by Gasteiger charge is 2.25. The molecule has 5 nitrogen and oxygen atoms in total. The quantitative estimate of drug-likeness (QED) is 0.816. The van der Waals surface area contributed by atoms with E-state index in [1.807, 2.05) is 24.4 Å². The molecule has 1 aliphatic heterocycles. The van der Waals surface area contributed by atoms with Crippen LogP contribution >= 0.6 is 11.3 Å². The van der Waals surface area contributed by atoms with Crippen LogP contribution < -0.4 is 5.32 Å². The average molecular weight is 311 g/mol. The van der Waals surface area contributed by atoms with Crippen LogP contribution in [-0.2, 0) is 16.1 Å². The van der Waals surface area contributed by atoms with Gasteiger partial charge in [-0.3, -0.25) is 14.6 Å². The first-order valence-electron chi connectivity index (χ1n) is 7.46. The van der Waals surface area contributed by atoms with Gasteiger partial charge in [-0.25, -0.2) is 0 Å². The van der Waals surface area contributed by atoms with E-state index in [1.165, 1.54) is 4.88 Å². The fraction of sp³-hybridized carbons (Fsp3) is 0.667. The zero-order valence-electron chi connectivity index (χ0n) is 12.9. The Kier molecular flexibility index (Phi) is 6.63. The standard InChI is InChI=1S/C15H25N3O2S/c1-13(15(19)16-12-14-4-3-11-21-14)18-7-5-17(6-8-18)9-10-20-2/h3-4,11,13H,5-10,12H2,1-2H3,(H,16,19)/t13-/m0/s1. The minimum absolute atomic E-state index is 0.0606. The number of rotatable bonds is 7. The number of carbonyl (C=O) groups excluding carboxylic acids is 1. The number of nitrogens with zero attached hydrogens (tertiary/aromatic N) is 2. The van der Waals surface area contributed by atoms with Gasteiger partial charge in [0.1, 0.15) is 0 Å². The second kappa shape index (κ2) is 8.48. The van der Waals surface area contributed by atoms with Crippen LogP contribution in [0.2, 0.25) is 0 Å². The van der Waals surface area contributed by atoms with Gasteiger partial charge in [-0.2, -0.15) is 0 Å². The van der Waals surface area contributed by atoms with Crippen LogP contribution in [0.1, 0.15) is 11.8 Å². The zero-order valence-corrected chi connectivity index (χ0v) is 13.7. The molecule has 0 spiro atoms. The van der Waals surface area contributed by atoms with Crippen LogP contribution in [0.15, 0.2) is 17.5 Å². The number of methoxy groups -OCH3 is 1. The molecule has 0 saturated carbocycles. The molecule has 1 aromatic heterocycles. The summed E-state index contributed by atoms with van der Waals surface area (Å²) < 4.78 is 5.11. The van der Waals surface area contributed by atoms with Gasteiger partial charge in [-0.05, 0) is 18.4 Å². The van der Waals surface area contributed by atoms with Crippen molar-refractivity contribution in [1.29, 1.82) is 0 Å². The van der Waals surface area contributed by atoms with E-state index in [1.54, 1.807) is 18.4 Å². The average Bonchev–Trinajstić information content (AvgIpc) is 3.04. The molecule has 6 heteroatoms. The number of amides is 1. The first-order chi connectivity index (χ1) is 10.2. The van der Waals surface area contributed by atoms with E-state index in [2.05, 4.69) is 15.1 Å². The minimum Gasteiger partial charge on any atom is -0.383 e. The maximum atomic E-state index is 12.2. The molecule has 2 heterocycles. The van der Waals surface area contributed by atoms with Crippen molar-refractivity contribution in [2.24, 2.45) is 0 Å². The lowest BCUT2D eigenvalue weighted by Gasteiger charge is -2.37. The Hall–Kier alpha value is -0.950. The second-order valence-corrected chi connectivity index (χ2v) is 6.38. The highest BCUT2D eigenvalue weighted by atomic mass is 32.1. The Morgan fingerprint density at radius 1 is 1.43 bits per heavy atom. The van der Waals surface area contributed by atoms with Crippen molar-refractivity contribution in [3.63, 3.8) is 0 Å². The summed E-state index contributed by atoms with van der Waals surface area (Å²) >= 11 is 1.67. The first kappa shape index (κ1) is 16.4. The van der Waals surface area contributed by atoms with Crippen molar-refractivity contribution in [3.05, 3.63) is 22.4 Å². The van der Waals surface area contributed by atoms with E-state index in [0.29, 0.717) is 6.54 Å². The molecule has 1 saturated heterocycles. The lowest BCUT2D eigenvalue weighted by molar-refractivity contribution is -0.126. The molecule has 21 heavy (non-hydrogen) atoms. The molecule has 1 aromatic rings. The predicted octanol–water partition coefficient (Wildman–Crippen LogP) is 1.02. The van der Waals surface area contributed by atoms with Gasteiger partial charge in [0.15, 0.2) is 0 Å². The van der Waals surface area contributed by atoms with Crippen molar-refractivity contribution >= 4 is 17.2 Å². The predicted molar refractivity (Wildman–Crippen MR) is 85.5 cm³/mol. The number of nitrogens with one attached hydrogen (secondary N) is 1. The van der Waals surface area contributed by atoms with Gasteiger partial charge in [-0.15, -0.1) is 11.3 Å². The highest BCUT2D eigenvalue weighted by Crippen LogP contribution is 2.09. The minimum atomic E-state index is -0.0606. The van der Waals surface area contributed by atoms with Gasteiger partial charge in [-0.1, -0.05) is 6.07 Å². The number of piperazine rings is 1. The first-order valence-corrected chi connectivity index (χ1v) is 8.34. The number of carbonyl (C=O) groups is 1. The molecule has 1 aliphatic rings. The molecule has 1 amide bonds. The SMILES string of the molecule is COCCN1CCN([C@@H](C)C(=O)NCc2cccs2)CC1. The largest absolute Gasteiger partial charge is 0.383 e. The molecule has 0 radical (unpaired) electrons. The molecule has 0 bridgehead atoms. The molecule has 118 valence electrons. The fourth-order valence-electron chi connectivity index (χ4n) is 2.50. The van der Waals surface area contributed by atoms with E-state index < -0.39 is 0 Å². The Bertz CT molecular complexity index is 417. The van der Waals surface area contributed by atoms with Gasteiger partial charge in [0.25, 0.3) is 0 Å². The fourth-order valence-corrected chi connectivity index (χ4v) is 3.14. The summed E-state index contributed by atoms with van der Waals surface area (Å²) in [5.74, 6) is 0.119. The Labute approximate surface area is 130 Å². The van der Waals surface area contributed by atoms with Gasteiger partial charge in [0.05, 0.1) is 19.2 Å². The third-order valence-electron chi connectivity index (χ3n) is 3.96. The lowest BCUT2D eigenvalue weighted by Crippen LogP contribution is -2.54. The highest BCUT2D eigenvalue weighted by molar-refractivity contribution is 7.09. The molecule has 0 unspecified atom stereocenters. The van der Waals surface area contributed by atoms with E-state index in [4.69, 9.17) is 4.74 Å². The lowest BCUT2D eigenvalue weighted by atomic mass is 10.2. The zero-order chi connectivity index (χ0) is 15.1. The molecular weight excluding hydrogens is 286 g/mol. The molecule has 0 aromatic carbocycles. The van der Waals surface area contributed by atoms with Gasteiger partial charge >= 0.3 is 0 Å². The monoisotopic (exact) mass is 311 g/mol. The van der Waals surface area contributed by atoms with Crippen LogP contribution in [0.3, 0.4) is 0 Å². The summed E-state index contributed by atoms with van der Waals surface area (Å²) in [5, 5.41) is 5.06. The summed E-state index contributed by atoms with van der Waals surface area (Å²) in [6.07, 6.45) is 0. The van der Waals surface area contributed by atoms with Crippen LogP contribution in [0.4, 0.5) is 0 Å². The summed E-state index contributed by atoms with van der Waals surface area (Å²) in [5.41, 5.74) is 0. The Morgan fingerprint density at radius 2 is 2.19 bits per heavy atom. The maximum Gasteiger partial charge on any atom is 0.237 e. The van der Waals surface area contributed by atoms with Crippen molar-refractivity contribution in [3.8, 4) is 0 Å². The third-order valence-corrected chi connectivity index (χ3v) is 4.84. The normalized spacial score (nSPS) is 18.6. The molecular formula is C15H25N3O2S. The van der Waals surface area contributed by atoms with Gasteiger partial charge < -0.3 is 10.1 Å². The van der Waals surface area contributed by atoms with Gasteiger partial charge in [0.2, 0.25) is 5.91 Å². The molecule has 0 aliphatic carbocycles. The molecule has 2 rings (SSSR count). The maximum absolute atomic E-state index is 12.2. The number of ether oxygens (including phenoxy) is 1. The summed E-state index contributed by atoms with van der Waals surface area (Å²) in [4.78, 5) is 18.0. The molecule has 1 N–H and O–H groups in total. The van der Waals surface area contributed by atoms with Crippen molar-refractivity contribution in [1.82, 2.24) is 15.1 Å². The number of thiophene rings is 1. The smallest absolute Gasteiger partial charge is 0.237 e. The van der Waals surface area contributed by atoms with E-state index >= 15 is 0 Å². The van der Waals surface area contributed by atoms with Crippen molar-refractivity contribution < 1.29 is 9.53 Å². The van der Waals surface area contributed by atoms with Crippen LogP contribution in [0.25, 0.3) is 0 Å². The molecule has 1 fully saturated rings. The van der Waals surface area contributed by atoms with Crippen LogP contribution in [-0.4, -0.2) is 68.2 Å². The summed E-state index contributed by atoms with van der Waals surface area (Å²) in [7, 11) is 1.73. The van der Waals surface area contributed by atoms with E-state index in [9.17, 15) is 4.79 Å². The topological polar surface area (TPSA) is 44.8 Å². The van der Waals surface area contributed by atoms with E-state index in [0.717, 1.165) is 39.3 Å². The van der Waals surface area contributed by atoms with Crippen molar-refractivity contribution in [2.75, 3.05) is 46.4 Å². The summed E-state index contributed by atoms with van der Waals surface area (Å²) in [6, 6.07) is 3.99. The molecule has 1 atom stereocenters. The number of hydrogen-bond donors (Lipinski definition) is 1. The van der Waals surface area contributed by atoms with E-state index in [-0.39, 0.29) is 11.9 Å². The van der Waals surface area contributed by atoms with Crippen molar-refractivity contribution in [2.45, 2.75) is 19.5 Å². The third kappa shape index (κ3) is 5.07. The number of hydrogen-bond acceptors (Lipinski definition) is 5. The Balaban J connectivity index is 1.70. The Morgan fingerprint density at radius 3 is 2.81 bits per heavy atom. The second-order valence-electron chi connectivity index (χ2n) is 5.34. The van der Waals surface area contributed by atoms with Crippen LogP contribution in [0.5, 0.6) is 0 Å².